The van der Waals surface area contributed by atoms with Crippen molar-refractivity contribution in [3.63, 3.8) is 0 Å². The quantitative estimate of drug-likeness (QED) is 0.346. The Hall–Kier alpha value is -3.47. The number of aryl methyl sites for hydroxylation is 2. The highest BCUT2D eigenvalue weighted by Gasteiger charge is 2.24. The molecule has 4 rings (SSSR count). The molecule has 0 unspecified atom stereocenters. The van der Waals surface area contributed by atoms with Gasteiger partial charge < -0.3 is 5.32 Å². The second-order valence-corrected chi connectivity index (χ2v) is 8.14. The molecule has 0 bridgehead atoms. The molecular weight excluding hydrogens is 476 g/mol. The van der Waals surface area contributed by atoms with Crippen molar-refractivity contribution in [2.24, 2.45) is 0 Å². The third-order valence-corrected chi connectivity index (χ3v) is 5.40. The van der Waals surface area contributed by atoms with E-state index in [2.05, 4.69) is 20.5 Å². The Morgan fingerprint density at radius 3 is 2.44 bits per heavy atom. The first-order chi connectivity index (χ1) is 16.1. The summed E-state index contributed by atoms with van der Waals surface area (Å²) in [5, 5.41) is 11.0. The lowest BCUT2D eigenvalue weighted by Crippen LogP contribution is -2.20. The van der Waals surface area contributed by atoms with Crippen LogP contribution < -0.4 is 5.32 Å². The summed E-state index contributed by atoms with van der Waals surface area (Å²) >= 11 is 6.19. The van der Waals surface area contributed by atoms with E-state index in [1.165, 1.54) is 6.92 Å². The number of benzene rings is 1. The van der Waals surface area contributed by atoms with E-state index in [1.807, 2.05) is 31.2 Å². The summed E-state index contributed by atoms with van der Waals surface area (Å²) in [6, 6.07) is 8.49. The number of hydrogen-bond acceptors (Lipinski definition) is 4. The van der Waals surface area contributed by atoms with Gasteiger partial charge in [-0.3, -0.25) is 9.48 Å². The number of rotatable bonds is 7. The van der Waals surface area contributed by atoms with Gasteiger partial charge in [0.05, 0.1) is 17.6 Å². The fourth-order valence-corrected chi connectivity index (χ4v) is 3.75. The number of halogens is 5. The van der Waals surface area contributed by atoms with E-state index in [9.17, 15) is 22.4 Å². The van der Waals surface area contributed by atoms with E-state index >= 15 is 0 Å². The fourth-order valence-electron chi connectivity index (χ4n) is 3.55. The summed E-state index contributed by atoms with van der Waals surface area (Å²) in [6.07, 6.45) is -4.52. The predicted molar refractivity (Wildman–Crippen MR) is 118 cm³/mol. The molecule has 1 N–H and O–H groups in total. The number of nitrogens with zero attached hydrogens (tertiary/aromatic N) is 5. The van der Waals surface area contributed by atoms with Crippen molar-refractivity contribution < 1.29 is 22.4 Å². The van der Waals surface area contributed by atoms with Crippen LogP contribution in [0.4, 0.5) is 23.4 Å². The highest BCUT2D eigenvalue weighted by molar-refractivity contribution is 6.33. The fraction of sp³-hybridized carbons (Fsp3) is 0.273. The number of carbonyl (C=O) groups excluding carboxylic acids is 1. The van der Waals surface area contributed by atoms with Gasteiger partial charge in [-0.25, -0.2) is 27.2 Å². The number of nitrogens with one attached hydrogen (secondary N) is 1. The number of fused-ring (bicyclic) bond motifs is 1. The van der Waals surface area contributed by atoms with Crippen LogP contribution in [0, 0.1) is 13.8 Å². The molecule has 4 aromatic rings. The van der Waals surface area contributed by atoms with Crippen LogP contribution in [0.2, 0.25) is 5.02 Å². The van der Waals surface area contributed by atoms with E-state index in [1.54, 1.807) is 10.9 Å². The summed E-state index contributed by atoms with van der Waals surface area (Å²) in [5.74, 6) is -0.531. The average molecular weight is 495 g/mol. The lowest BCUT2D eigenvalue weighted by Gasteiger charge is -2.08. The van der Waals surface area contributed by atoms with E-state index < -0.39 is 36.6 Å². The van der Waals surface area contributed by atoms with Crippen molar-refractivity contribution in [3.05, 3.63) is 69.6 Å². The molecule has 0 aliphatic heterocycles. The lowest BCUT2D eigenvalue weighted by molar-refractivity contribution is -0.116. The van der Waals surface area contributed by atoms with Crippen LogP contribution in [-0.4, -0.2) is 30.5 Å². The molecule has 0 fully saturated rings. The number of hydrogen-bond donors (Lipinski definition) is 1. The minimum atomic E-state index is -3.06. The Kier molecular flexibility index (Phi) is 6.56. The SMILES string of the molecule is Cc1ccc(Cn2cc(Cl)c(NC(=O)Cn3nc(C)c4c(C(F)F)cc(C(F)F)nc43)n2)cc1. The number of pyridine rings is 1. The molecule has 0 aliphatic carbocycles. The molecule has 178 valence electrons. The summed E-state index contributed by atoms with van der Waals surface area (Å²) in [7, 11) is 0. The van der Waals surface area contributed by atoms with Crippen LogP contribution in [-0.2, 0) is 17.9 Å². The minimum absolute atomic E-state index is 0.0624. The van der Waals surface area contributed by atoms with Gasteiger partial charge in [-0.1, -0.05) is 41.4 Å². The normalized spacial score (nSPS) is 11.7. The Morgan fingerprint density at radius 1 is 1.09 bits per heavy atom. The lowest BCUT2D eigenvalue weighted by atomic mass is 10.1. The molecule has 12 heteroatoms. The Labute approximate surface area is 196 Å². The number of carbonyl (C=O) groups is 1. The number of alkyl halides is 4. The maximum absolute atomic E-state index is 13.5. The molecule has 0 aliphatic rings. The molecule has 7 nitrogen and oxygen atoms in total. The minimum Gasteiger partial charge on any atom is -0.306 e. The second-order valence-electron chi connectivity index (χ2n) is 7.74. The van der Waals surface area contributed by atoms with E-state index in [0.717, 1.165) is 15.8 Å². The number of aromatic nitrogens is 5. The molecule has 1 aromatic carbocycles. The van der Waals surface area contributed by atoms with Gasteiger partial charge in [0, 0.05) is 11.8 Å². The van der Waals surface area contributed by atoms with E-state index in [4.69, 9.17) is 11.6 Å². The molecule has 1 amide bonds. The maximum atomic E-state index is 13.5. The maximum Gasteiger partial charge on any atom is 0.280 e. The standard InChI is InChI=1S/C22H19ClF4N6O/c1-11-3-5-13(6-4-11)8-32-9-15(23)21(31-32)29-17(34)10-33-22-18(12(2)30-33)14(19(24)25)7-16(28-22)20(26)27/h3-7,9,19-20H,8,10H2,1-2H3,(H,29,31,34). The first kappa shape index (κ1) is 23.7. The van der Waals surface area contributed by atoms with Crippen LogP contribution in [0.5, 0.6) is 0 Å². The van der Waals surface area contributed by atoms with Crippen LogP contribution in [0.15, 0.2) is 36.5 Å². The molecule has 0 atom stereocenters. The summed E-state index contributed by atoms with van der Waals surface area (Å²) in [6.45, 7) is 3.38. The topological polar surface area (TPSA) is 77.6 Å². The highest BCUT2D eigenvalue weighted by Crippen LogP contribution is 2.32. The van der Waals surface area contributed by atoms with Gasteiger partial charge in [-0.15, -0.1) is 0 Å². The zero-order valence-electron chi connectivity index (χ0n) is 18.1. The highest BCUT2D eigenvalue weighted by atomic mass is 35.5. The third-order valence-electron chi connectivity index (χ3n) is 5.12. The monoisotopic (exact) mass is 494 g/mol. The molecule has 0 saturated heterocycles. The molecule has 34 heavy (non-hydrogen) atoms. The number of anilines is 1. The zero-order valence-corrected chi connectivity index (χ0v) is 18.8. The van der Waals surface area contributed by atoms with Gasteiger partial charge >= 0.3 is 0 Å². The van der Waals surface area contributed by atoms with Gasteiger partial charge in [-0.05, 0) is 25.5 Å². The third kappa shape index (κ3) is 4.89. The first-order valence-corrected chi connectivity index (χ1v) is 10.5. The van der Waals surface area contributed by atoms with Gasteiger partial charge in [0.15, 0.2) is 11.5 Å². The van der Waals surface area contributed by atoms with Crippen molar-refractivity contribution in [1.82, 2.24) is 24.5 Å². The van der Waals surface area contributed by atoms with Crippen LogP contribution >= 0.6 is 11.6 Å². The molecule has 0 saturated carbocycles. The van der Waals surface area contributed by atoms with Gasteiger partial charge in [-0.2, -0.15) is 10.2 Å². The van der Waals surface area contributed by atoms with Crippen molar-refractivity contribution in [3.8, 4) is 0 Å². The average Bonchev–Trinajstić information content (AvgIpc) is 3.27. The van der Waals surface area contributed by atoms with E-state index in [-0.39, 0.29) is 27.6 Å². The van der Waals surface area contributed by atoms with Gasteiger partial charge in [0.2, 0.25) is 5.91 Å². The Morgan fingerprint density at radius 2 is 1.79 bits per heavy atom. The van der Waals surface area contributed by atoms with Crippen LogP contribution in [0.3, 0.4) is 0 Å². The van der Waals surface area contributed by atoms with Gasteiger partial charge in [0.1, 0.15) is 17.3 Å². The van der Waals surface area contributed by atoms with Crippen molar-refractivity contribution in [2.45, 2.75) is 39.8 Å². The zero-order chi connectivity index (χ0) is 24.6. The molecule has 0 radical (unpaired) electrons. The second kappa shape index (κ2) is 9.41. The Balaban J connectivity index is 1.56. The van der Waals surface area contributed by atoms with Crippen molar-refractivity contribution in [1.29, 1.82) is 0 Å². The van der Waals surface area contributed by atoms with Crippen molar-refractivity contribution in [2.75, 3.05) is 5.32 Å². The van der Waals surface area contributed by atoms with Gasteiger partial charge in [0.25, 0.3) is 12.9 Å². The van der Waals surface area contributed by atoms with E-state index in [0.29, 0.717) is 12.6 Å². The van der Waals surface area contributed by atoms with Crippen LogP contribution in [0.25, 0.3) is 11.0 Å². The largest absolute Gasteiger partial charge is 0.306 e. The van der Waals surface area contributed by atoms with Crippen LogP contribution in [0.1, 0.15) is 40.9 Å². The summed E-state index contributed by atoms with van der Waals surface area (Å²) in [4.78, 5) is 16.4. The molecular formula is C22H19ClF4N6O. The predicted octanol–water partition coefficient (Wildman–Crippen LogP) is 5.46. The smallest absolute Gasteiger partial charge is 0.280 e. The van der Waals surface area contributed by atoms with Crippen molar-refractivity contribution >= 4 is 34.4 Å². The molecule has 3 aromatic heterocycles. The number of amides is 1. The Bertz CT molecular complexity index is 1350. The molecule has 0 spiro atoms. The summed E-state index contributed by atoms with van der Waals surface area (Å²) < 4.78 is 56.0. The first-order valence-electron chi connectivity index (χ1n) is 10.1. The molecule has 3 heterocycles. The summed E-state index contributed by atoms with van der Waals surface area (Å²) in [5.41, 5.74) is 0.595.